The van der Waals surface area contributed by atoms with Crippen LogP contribution in [0.4, 0.5) is 0 Å². The Labute approximate surface area is 58.9 Å². The lowest BCUT2D eigenvalue weighted by Gasteiger charge is -1.69. The predicted octanol–water partition coefficient (Wildman–Crippen LogP) is -0.540. The molecule has 0 saturated carbocycles. The van der Waals surface area contributed by atoms with Gasteiger partial charge in [0.2, 0.25) is 0 Å². The fourth-order valence-corrected chi connectivity index (χ4v) is 1.59. The first-order valence-corrected chi connectivity index (χ1v) is 3.99. The normalized spacial score (nSPS) is 8.12. The summed E-state index contributed by atoms with van der Waals surface area (Å²) in [4.78, 5) is 0. The van der Waals surface area contributed by atoms with Crippen molar-refractivity contribution < 1.29 is 12.4 Å². The Bertz CT molecular complexity index is 123. The van der Waals surface area contributed by atoms with Crippen molar-refractivity contribution >= 4 is 10.5 Å². The Kier molecular flexibility index (Phi) is 3.92. The minimum absolute atomic E-state index is 0. The van der Waals surface area contributed by atoms with Crippen molar-refractivity contribution in [3.05, 3.63) is 22.9 Å². The van der Waals surface area contributed by atoms with E-state index in [1.165, 1.54) is 5.75 Å². The summed E-state index contributed by atoms with van der Waals surface area (Å²) in [6, 6.07) is 4.24. The van der Waals surface area contributed by atoms with E-state index in [0.717, 1.165) is 0 Å². The third-order valence-electron chi connectivity index (χ3n) is 0.951. The topological polar surface area (TPSA) is 0 Å². The quantitative estimate of drug-likeness (QED) is 0.470. The molecule has 0 unspecified atom stereocenters. The minimum atomic E-state index is 0. The van der Waals surface area contributed by atoms with Crippen LogP contribution in [0, 0.1) is 0 Å². The monoisotopic (exact) mass is 148 g/mol. The van der Waals surface area contributed by atoms with Crippen LogP contribution in [0.5, 0.6) is 0 Å². The molecule has 0 fully saturated rings. The highest BCUT2D eigenvalue weighted by Crippen LogP contribution is 2.15. The second-order valence-corrected chi connectivity index (χ2v) is 3.48. The maximum atomic E-state index is 2.25. The van der Waals surface area contributed by atoms with Gasteiger partial charge < -0.3 is 12.4 Å². The molecule has 1 aromatic rings. The molecule has 0 amide bonds. The first-order chi connectivity index (χ1) is 3.43. The molecule has 2 heteroatoms. The second-order valence-electron chi connectivity index (χ2n) is 1.42. The van der Waals surface area contributed by atoms with Crippen LogP contribution < -0.4 is 12.4 Å². The van der Waals surface area contributed by atoms with Gasteiger partial charge in [-0.1, -0.05) is 0 Å². The van der Waals surface area contributed by atoms with E-state index >= 15 is 0 Å². The molecule has 1 aromatic heterocycles. The van der Waals surface area contributed by atoms with E-state index in [-0.39, 0.29) is 12.4 Å². The zero-order valence-corrected chi connectivity index (χ0v) is 6.38. The Morgan fingerprint density at radius 2 is 1.75 bits per heavy atom. The van der Waals surface area contributed by atoms with Crippen molar-refractivity contribution in [3.8, 4) is 0 Å². The first-order valence-electron chi connectivity index (χ1n) is 2.47. The molecule has 0 N–H and O–H groups in total. The van der Waals surface area contributed by atoms with Gasteiger partial charge in [-0.2, -0.15) is 0 Å². The molecule has 0 aliphatic rings. The Morgan fingerprint density at radius 3 is 2.00 bits per heavy atom. The van der Waals surface area contributed by atoms with Crippen LogP contribution in [0.1, 0.15) is 6.92 Å². The molecule has 1 heterocycles. The molecular formula is C6H9ClS. The van der Waals surface area contributed by atoms with Gasteiger partial charge in [0.25, 0.3) is 0 Å². The summed E-state index contributed by atoms with van der Waals surface area (Å²) >= 11 is 0. The van der Waals surface area contributed by atoms with Crippen molar-refractivity contribution in [2.75, 3.05) is 0 Å². The summed E-state index contributed by atoms with van der Waals surface area (Å²) in [6.07, 6.45) is 0. The van der Waals surface area contributed by atoms with Crippen molar-refractivity contribution in [3.63, 3.8) is 0 Å². The van der Waals surface area contributed by atoms with Gasteiger partial charge >= 0.3 is 0 Å². The predicted molar refractivity (Wildman–Crippen MR) is 34.6 cm³/mol. The fourth-order valence-electron chi connectivity index (χ4n) is 0.530. The van der Waals surface area contributed by atoms with E-state index in [9.17, 15) is 0 Å². The zero-order chi connectivity index (χ0) is 5.11. The van der Waals surface area contributed by atoms with Crippen LogP contribution >= 0.6 is 10.5 Å². The third-order valence-corrected chi connectivity index (χ3v) is 2.63. The minimum Gasteiger partial charge on any atom is -1.00 e. The molecule has 0 aliphatic heterocycles. The lowest BCUT2D eigenvalue weighted by Crippen LogP contribution is -3.00. The molecule has 8 heavy (non-hydrogen) atoms. The van der Waals surface area contributed by atoms with Crippen LogP contribution in [0.3, 0.4) is 0 Å². The maximum absolute atomic E-state index is 2.25. The molecule has 0 aliphatic carbocycles. The Balaban J connectivity index is 0.000000490. The number of aryl methyl sites for hydroxylation is 1. The van der Waals surface area contributed by atoms with Crippen LogP contribution in [0.25, 0.3) is 0 Å². The number of hydrogen-bond acceptors (Lipinski definition) is 0. The summed E-state index contributed by atoms with van der Waals surface area (Å²) < 4.78 is 0. The Hall–Kier alpha value is -0.0100. The molecule has 0 bridgehead atoms. The van der Waals surface area contributed by atoms with Gasteiger partial charge in [0.05, 0.1) is 0 Å². The fraction of sp³-hybridized carbons (Fsp3) is 0.333. The molecule has 0 spiro atoms. The van der Waals surface area contributed by atoms with E-state index < -0.39 is 0 Å². The highest BCUT2D eigenvalue weighted by molar-refractivity contribution is 7.27. The summed E-state index contributed by atoms with van der Waals surface area (Å²) in [5.74, 6) is 1.27. The van der Waals surface area contributed by atoms with Gasteiger partial charge in [-0.25, -0.2) is 0 Å². The molecular weight excluding hydrogens is 140 g/mol. The van der Waals surface area contributed by atoms with Gasteiger partial charge in [0, 0.05) is 0 Å². The molecule has 0 atom stereocenters. The highest BCUT2D eigenvalue weighted by atomic mass is 35.5. The molecule has 0 saturated heterocycles. The number of thiophene rings is 1. The summed E-state index contributed by atoms with van der Waals surface area (Å²) in [5.41, 5.74) is 0. The van der Waals surface area contributed by atoms with Crippen LogP contribution in [0.15, 0.2) is 22.9 Å². The van der Waals surface area contributed by atoms with Crippen LogP contribution in [0.2, 0.25) is 0 Å². The van der Waals surface area contributed by atoms with Crippen molar-refractivity contribution in [2.24, 2.45) is 0 Å². The standard InChI is InChI=1S/C6H9S.ClH/c1-2-7-5-3-4-6-7;/h3-6H,2H2,1H3;1H/q+1;/p-1. The smallest absolute Gasteiger partial charge is 0.137 e. The molecule has 1 rings (SSSR count). The average Bonchev–Trinajstić information content (AvgIpc) is 2.14. The lowest BCUT2D eigenvalue weighted by molar-refractivity contribution is -0.00000147. The number of halogens is 1. The van der Waals surface area contributed by atoms with Gasteiger partial charge in [-0.05, 0) is 29.5 Å². The van der Waals surface area contributed by atoms with Crippen molar-refractivity contribution in [1.82, 2.24) is 0 Å². The van der Waals surface area contributed by atoms with Gasteiger partial charge in [-0.3, -0.25) is 0 Å². The first kappa shape index (κ1) is 7.99. The summed E-state index contributed by atoms with van der Waals surface area (Å²) in [7, 11) is 0.505. The van der Waals surface area contributed by atoms with Gasteiger partial charge in [0.15, 0.2) is 0 Å². The van der Waals surface area contributed by atoms with Crippen LogP contribution in [-0.2, 0) is 5.75 Å². The largest absolute Gasteiger partial charge is 1.00 e. The van der Waals surface area contributed by atoms with Crippen molar-refractivity contribution in [1.29, 1.82) is 0 Å². The molecule has 0 aromatic carbocycles. The van der Waals surface area contributed by atoms with E-state index in [1.807, 2.05) is 0 Å². The summed E-state index contributed by atoms with van der Waals surface area (Å²) in [5, 5.41) is 4.50. The second kappa shape index (κ2) is 3.93. The van der Waals surface area contributed by atoms with E-state index in [1.54, 1.807) is 0 Å². The Morgan fingerprint density at radius 1 is 1.25 bits per heavy atom. The SMILES string of the molecule is CC[s+]1cccc1.[Cl-]. The zero-order valence-electron chi connectivity index (χ0n) is 4.80. The number of rotatable bonds is 1. The van der Waals surface area contributed by atoms with E-state index in [2.05, 4.69) is 29.8 Å². The van der Waals surface area contributed by atoms with Gasteiger partial charge in [-0.15, -0.1) is 0 Å². The average molecular weight is 149 g/mol. The molecule has 0 nitrogen and oxygen atoms in total. The third kappa shape index (κ3) is 1.85. The van der Waals surface area contributed by atoms with Crippen molar-refractivity contribution in [2.45, 2.75) is 12.7 Å². The van der Waals surface area contributed by atoms with E-state index in [0.29, 0.717) is 10.5 Å². The number of hydrogen-bond donors (Lipinski definition) is 0. The molecule has 0 radical (unpaired) electrons. The lowest BCUT2D eigenvalue weighted by atomic mass is 10.7. The maximum Gasteiger partial charge on any atom is 0.137 e. The van der Waals surface area contributed by atoms with Crippen LogP contribution in [-0.4, -0.2) is 0 Å². The summed E-state index contributed by atoms with van der Waals surface area (Å²) in [6.45, 7) is 2.21. The highest BCUT2D eigenvalue weighted by Gasteiger charge is 1.91. The van der Waals surface area contributed by atoms with Gasteiger partial charge in [0.1, 0.15) is 16.5 Å². The van der Waals surface area contributed by atoms with E-state index in [4.69, 9.17) is 0 Å². The molecule has 46 valence electrons.